The van der Waals surface area contributed by atoms with Gasteiger partial charge in [0, 0.05) is 36.6 Å². The molecule has 2 aromatic heterocycles. The number of rotatable bonds is 14. The summed E-state index contributed by atoms with van der Waals surface area (Å²) in [7, 11) is 0. The number of imidazole rings is 2. The highest BCUT2D eigenvalue weighted by Crippen LogP contribution is 2.08. The average Bonchev–Trinajstić information content (AvgIpc) is 3.50. The van der Waals surface area contributed by atoms with E-state index >= 15 is 0 Å². The largest absolute Gasteiger partial charge is 0.480 e. The van der Waals surface area contributed by atoms with E-state index in [9.17, 15) is 24.3 Å². The van der Waals surface area contributed by atoms with E-state index in [0.717, 1.165) is 0 Å². The van der Waals surface area contributed by atoms with Gasteiger partial charge in [-0.2, -0.15) is 0 Å². The summed E-state index contributed by atoms with van der Waals surface area (Å²) in [6.45, 7) is 7.26. The molecule has 3 amide bonds. The number of aliphatic carboxylic acids is 1. The number of hydrogen-bond acceptors (Lipinski definition) is 7. The van der Waals surface area contributed by atoms with Crippen molar-refractivity contribution in [1.29, 1.82) is 0 Å². The van der Waals surface area contributed by atoms with Gasteiger partial charge in [-0.15, -0.1) is 0 Å². The lowest BCUT2D eigenvalue weighted by Crippen LogP contribution is -2.58. The molecule has 13 heteroatoms. The Labute approximate surface area is 209 Å². The van der Waals surface area contributed by atoms with Gasteiger partial charge in [-0.25, -0.2) is 14.8 Å². The molecule has 0 aliphatic heterocycles. The van der Waals surface area contributed by atoms with Gasteiger partial charge in [0.1, 0.15) is 18.1 Å². The number of H-pyrrole nitrogens is 2. The summed E-state index contributed by atoms with van der Waals surface area (Å²) in [5.74, 6) is -3.13. The number of hydrogen-bond donors (Lipinski definition) is 7. The average molecular weight is 505 g/mol. The Kier molecular flexibility index (Phi) is 10.6. The van der Waals surface area contributed by atoms with Gasteiger partial charge in [-0.05, 0) is 18.3 Å². The first-order valence-corrected chi connectivity index (χ1v) is 11.8. The summed E-state index contributed by atoms with van der Waals surface area (Å²) < 4.78 is 0. The molecular formula is C23H36N8O5. The summed E-state index contributed by atoms with van der Waals surface area (Å²) >= 11 is 0. The molecule has 4 atom stereocenters. The van der Waals surface area contributed by atoms with E-state index in [4.69, 9.17) is 5.73 Å². The van der Waals surface area contributed by atoms with Crippen LogP contribution < -0.4 is 21.7 Å². The van der Waals surface area contributed by atoms with E-state index in [1.807, 2.05) is 13.8 Å². The van der Waals surface area contributed by atoms with Crippen molar-refractivity contribution < 1.29 is 24.3 Å². The first-order chi connectivity index (χ1) is 17.0. The molecule has 198 valence electrons. The molecule has 2 heterocycles. The Bertz CT molecular complexity index is 990. The van der Waals surface area contributed by atoms with Crippen LogP contribution in [-0.2, 0) is 32.0 Å². The lowest BCUT2D eigenvalue weighted by Gasteiger charge is -2.25. The topological polar surface area (TPSA) is 208 Å². The molecule has 2 rings (SSSR count). The van der Waals surface area contributed by atoms with Crippen molar-refractivity contribution in [1.82, 2.24) is 35.9 Å². The minimum atomic E-state index is -1.17. The number of aromatic amines is 2. The quantitative estimate of drug-likeness (QED) is 0.178. The highest BCUT2D eigenvalue weighted by atomic mass is 16.4. The molecular weight excluding hydrogens is 468 g/mol. The summed E-state index contributed by atoms with van der Waals surface area (Å²) in [4.78, 5) is 64.3. The molecule has 36 heavy (non-hydrogen) atoms. The smallest absolute Gasteiger partial charge is 0.326 e. The molecule has 13 nitrogen and oxygen atoms in total. The van der Waals surface area contributed by atoms with Crippen LogP contribution in [0.3, 0.4) is 0 Å². The van der Waals surface area contributed by atoms with E-state index < -0.39 is 47.9 Å². The van der Waals surface area contributed by atoms with Crippen LogP contribution in [0.25, 0.3) is 0 Å². The fraction of sp³-hybridized carbons (Fsp3) is 0.565. The standard InChI is InChI=1S/C23H36N8O5/c1-12(2)5-18(23(35)36)31-21(33)16(6-14-8-25-10-27-14)29-20(32)17(7-15-9-26-11-28-15)30-22(34)19(24)13(3)4/h8-13,16-19H,5-7,24H2,1-4H3,(H,25,27)(H,26,28)(H,29,32)(H,30,34)(H,31,33)(H,35,36). The highest BCUT2D eigenvalue weighted by molar-refractivity contribution is 5.94. The molecule has 0 aromatic carbocycles. The molecule has 0 aliphatic rings. The van der Waals surface area contributed by atoms with Crippen molar-refractivity contribution >= 4 is 23.7 Å². The maximum Gasteiger partial charge on any atom is 0.326 e. The Morgan fingerprint density at radius 2 is 1.28 bits per heavy atom. The summed E-state index contributed by atoms with van der Waals surface area (Å²) in [6, 6.07) is -4.15. The maximum atomic E-state index is 13.3. The van der Waals surface area contributed by atoms with E-state index in [1.165, 1.54) is 25.0 Å². The number of amides is 3. The minimum Gasteiger partial charge on any atom is -0.480 e. The zero-order valence-electron chi connectivity index (χ0n) is 20.9. The van der Waals surface area contributed by atoms with Crippen LogP contribution in [0.2, 0.25) is 0 Å². The van der Waals surface area contributed by atoms with Crippen molar-refractivity contribution in [2.75, 3.05) is 0 Å². The fourth-order valence-corrected chi connectivity index (χ4v) is 3.46. The van der Waals surface area contributed by atoms with Crippen LogP contribution in [0.15, 0.2) is 25.0 Å². The molecule has 0 saturated carbocycles. The van der Waals surface area contributed by atoms with Gasteiger partial charge >= 0.3 is 5.97 Å². The minimum absolute atomic E-state index is 0.0196. The monoisotopic (exact) mass is 504 g/mol. The zero-order valence-corrected chi connectivity index (χ0v) is 20.9. The lowest BCUT2D eigenvalue weighted by atomic mass is 10.0. The Morgan fingerprint density at radius 3 is 1.64 bits per heavy atom. The molecule has 4 unspecified atom stereocenters. The SMILES string of the molecule is CC(C)CC(NC(=O)C(Cc1cnc[nH]1)NC(=O)C(Cc1cnc[nH]1)NC(=O)C(N)C(C)C)C(=O)O. The van der Waals surface area contributed by atoms with Gasteiger partial charge in [0.05, 0.1) is 18.7 Å². The Morgan fingerprint density at radius 1 is 0.833 bits per heavy atom. The van der Waals surface area contributed by atoms with Gasteiger partial charge in [-0.1, -0.05) is 27.7 Å². The second kappa shape index (κ2) is 13.4. The Hall–Kier alpha value is -3.74. The van der Waals surface area contributed by atoms with Crippen molar-refractivity contribution in [3.05, 3.63) is 36.4 Å². The number of nitrogens with one attached hydrogen (secondary N) is 5. The van der Waals surface area contributed by atoms with E-state index in [-0.39, 0.29) is 31.1 Å². The van der Waals surface area contributed by atoms with Crippen molar-refractivity contribution in [2.45, 2.75) is 71.1 Å². The third kappa shape index (κ3) is 8.80. The van der Waals surface area contributed by atoms with Crippen LogP contribution in [0.4, 0.5) is 0 Å². The summed E-state index contributed by atoms with van der Waals surface area (Å²) in [6.07, 6.45) is 6.22. The third-order valence-corrected chi connectivity index (χ3v) is 5.57. The van der Waals surface area contributed by atoms with Crippen LogP contribution in [-0.4, -0.2) is 72.9 Å². The van der Waals surface area contributed by atoms with E-state index in [0.29, 0.717) is 11.4 Å². The molecule has 0 fully saturated rings. The molecule has 8 N–H and O–H groups in total. The normalized spacial score (nSPS) is 14.6. The number of carboxylic acids is 1. The first-order valence-electron chi connectivity index (χ1n) is 11.8. The molecule has 2 aromatic rings. The van der Waals surface area contributed by atoms with Gasteiger partial charge in [0.2, 0.25) is 17.7 Å². The second-order valence-electron chi connectivity index (χ2n) is 9.48. The second-order valence-corrected chi connectivity index (χ2v) is 9.48. The molecule has 0 radical (unpaired) electrons. The predicted octanol–water partition coefficient (Wildman–Crippen LogP) is -0.514. The molecule has 0 saturated heterocycles. The number of nitrogens with zero attached hydrogens (tertiary/aromatic N) is 2. The van der Waals surface area contributed by atoms with Crippen molar-refractivity contribution in [3.8, 4) is 0 Å². The van der Waals surface area contributed by atoms with Gasteiger partial charge in [0.25, 0.3) is 0 Å². The van der Waals surface area contributed by atoms with Gasteiger partial charge in [0.15, 0.2) is 0 Å². The molecule has 0 bridgehead atoms. The number of nitrogens with two attached hydrogens (primary N) is 1. The van der Waals surface area contributed by atoms with Crippen molar-refractivity contribution in [2.24, 2.45) is 17.6 Å². The van der Waals surface area contributed by atoms with Crippen LogP contribution >= 0.6 is 0 Å². The zero-order chi connectivity index (χ0) is 26.8. The molecule has 0 spiro atoms. The summed E-state index contributed by atoms with van der Waals surface area (Å²) in [5.41, 5.74) is 7.10. The highest BCUT2D eigenvalue weighted by Gasteiger charge is 2.31. The van der Waals surface area contributed by atoms with Crippen LogP contribution in [0.5, 0.6) is 0 Å². The summed E-state index contributed by atoms with van der Waals surface area (Å²) in [5, 5.41) is 17.4. The molecule has 0 aliphatic carbocycles. The maximum absolute atomic E-state index is 13.3. The van der Waals surface area contributed by atoms with Crippen LogP contribution in [0, 0.1) is 11.8 Å². The van der Waals surface area contributed by atoms with E-state index in [1.54, 1.807) is 13.8 Å². The number of carbonyl (C=O) groups is 4. The number of carboxylic acid groups (broad SMARTS) is 1. The van der Waals surface area contributed by atoms with Gasteiger partial charge in [-0.3, -0.25) is 14.4 Å². The Balaban J connectivity index is 2.24. The fourth-order valence-electron chi connectivity index (χ4n) is 3.46. The first kappa shape index (κ1) is 28.5. The lowest BCUT2D eigenvalue weighted by molar-refractivity contribution is -0.142. The van der Waals surface area contributed by atoms with E-state index in [2.05, 4.69) is 35.9 Å². The van der Waals surface area contributed by atoms with Gasteiger partial charge < -0.3 is 36.8 Å². The number of carbonyl (C=O) groups excluding carboxylic acids is 3. The number of aromatic nitrogens is 4. The van der Waals surface area contributed by atoms with Crippen molar-refractivity contribution in [3.63, 3.8) is 0 Å². The third-order valence-electron chi connectivity index (χ3n) is 5.57. The predicted molar refractivity (Wildman–Crippen MR) is 130 cm³/mol. The van der Waals surface area contributed by atoms with Crippen LogP contribution in [0.1, 0.15) is 45.5 Å².